The van der Waals surface area contributed by atoms with E-state index in [9.17, 15) is 0 Å². The molecule has 0 N–H and O–H groups in total. The average molecular weight is 239 g/mol. The first-order valence-corrected chi connectivity index (χ1v) is 5.45. The molecule has 0 heterocycles. The summed E-state index contributed by atoms with van der Waals surface area (Å²) in [5.41, 5.74) is -0.101. The molecule has 0 aromatic carbocycles. The van der Waals surface area contributed by atoms with E-state index >= 15 is 0 Å². The van der Waals surface area contributed by atoms with Gasteiger partial charge in [0.1, 0.15) is 0 Å². The predicted molar refractivity (Wildman–Crippen MR) is 54.9 cm³/mol. The van der Waals surface area contributed by atoms with Gasteiger partial charge in [-0.2, -0.15) is 0 Å². The van der Waals surface area contributed by atoms with Crippen LogP contribution in [0.15, 0.2) is 0 Å². The van der Waals surface area contributed by atoms with Crippen LogP contribution in [-0.2, 0) is 9.47 Å². The van der Waals surface area contributed by atoms with Crippen molar-refractivity contribution < 1.29 is 9.47 Å². The van der Waals surface area contributed by atoms with E-state index in [-0.39, 0.29) is 11.7 Å². The zero-order chi connectivity index (χ0) is 9.61. The Kier molecular flexibility index (Phi) is 6.14. The maximum atomic E-state index is 5.72. The van der Waals surface area contributed by atoms with Crippen molar-refractivity contribution in [2.24, 2.45) is 0 Å². The van der Waals surface area contributed by atoms with E-state index in [1.54, 1.807) is 0 Å². The van der Waals surface area contributed by atoms with Gasteiger partial charge in [-0.25, -0.2) is 0 Å². The van der Waals surface area contributed by atoms with Crippen LogP contribution in [0.2, 0.25) is 0 Å². The minimum Gasteiger partial charge on any atom is -0.379 e. The molecule has 0 saturated heterocycles. The molecule has 0 spiro atoms. The number of hydrogen-bond acceptors (Lipinski definition) is 2. The van der Waals surface area contributed by atoms with Crippen LogP contribution in [0.1, 0.15) is 27.7 Å². The molecule has 0 rings (SSSR count). The van der Waals surface area contributed by atoms with Crippen molar-refractivity contribution in [2.45, 2.75) is 39.4 Å². The molecular weight excluding hydrogens is 220 g/mol. The highest BCUT2D eigenvalue weighted by atomic mass is 79.9. The Balaban J connectivity index is 3.60. The molecule has 3 heteroatoms. The van der Waals surface area contributed by atoms with Gasteiger partial charge in [-0.3, -0.25) is 0 Å². The monoisotopic (exact) mass is 238 g/mol. The lowest BCUT2D eigenvalue weighted by Gasteiger charge is -2.27. The third kappa shape index (κ3) is 5.98. The molecular formula is C9H19BrO2. The van der Waals surface area contributed by atoms with Crippen molar-refractivity contribution >= 4 is 15.9 Å². The second-order valence-corrected chi connectivity index (χ2v) is 4.04. The van der Waals surface area contributed by atoms with Crippen LogP contribution in [-0.4, -0.2) is 30.2 Å². The lowest BCUT2D eigenvalue weighted by atomic mass is 10.2. The van der Waals surface area contributed by atoms with Gasteiger partial charge in [-0.1, -0.05) is 15.9 Å². The maximum Gasteiger partial charge on any atom is 0.0788 e. The summed E-state index contributed by atoms with van der Waals surface area (Å²) in [6.45, 7) is 9.56. The van der Waals surface area contributed by atoms with Gasteiger partial charge in [0.2, 0.25) is 0 Å². The summed E-state index contributed by atoms with van der Waals surface area (Å²) < 4.78 is 11.0. The van der Waals surface area contributed by atoms with E-state index in [4.69, 9.17) is 9.47 Å². The van der Waals surface area contributed by atoms with Crippen LogP contribution in [0.4, 0.5) is 0 Å². The fourth-order valence-electron chi connectivity index (χ4n) is 0.894. The second-order valence-electron chi connectivity index (χ2n) is 3.48. The number of ether oxygens (including phenoxy) is 2. The molecule has 74 valence electrons. The number of halogens is 1. The van der Waals surface area contributed by atoms with E-state index in [2.05, 4.69) is 29.8 Å². The molecule has 0 saturated carbocycles. The van der Waals surface area contributed by atoms with E-state index in [1.165, 1.54) is 0 Å². The average Bonchev–Trinajstić information content (AvgIpc) is 2.00. The van der Waals surface area contributed by atoms with Gasteiger partial charge in [-0.15, -0.1) is 0 Å². The summed E-state index contributed by atoms with van der Waals surface area (Å²) in [7, 11) is 0. The Morgan fingerprint density at radius 1 is 1.42 bits per heavy atom. The number of rotatable bonds is 6. The summed E-state index contributed by atoms with van der Waals surface area (Å²) in [5.74, 6) is 0. The Labute approximate surface area is 83.8 Å². The normalized spacial score (nSPS) is 14.8. The van der Waals surface area contributed by atoms with Gasteiger partial charge in [0.25, 0.3) is 0 Å². The van der Waals surface area contributed by atoms with E-state index in [0.717, 1.165) is 11.9 Å². The molecule has 0 aromatic heterocycles. The van der Waals surface area contributed by atoms with Gasteiger partial charge < -0.3 is 9.47 Å². The van der Waals surface area contributed by atoms with Crippen molar-refractivity contribution in [3.63, 3.8) is 0 Å². The van der Waals surface area contributed by atoms with Crippen molar-refractivity contribution in [2.75, 3.05) is 18.5 Å². The Hall–Kier alpha value is 0.400. The zero-order valence-electron chi connectivity index (χ0n) is 8.39. The minimum atomic E-state index is -0.101. The minimum absolute atomic E-state index is 0.101. The highest BCUT2D eigenvalue weighted by Gasteiger charge is 2.19. The molecule has 1 unspecified atom stereocenters. The Morgan fingerprint density at radius 2 is 2.00 bits per heavy atom. The predicted octanol–water partition coefficient (Wildman–Crippen LogP) is 2.60. The van der Waals surface area contributed by atoms with Crippen molar-refractivity contribution in [3.8, 4) is 0 Å². The highest BCUT2D eigenvalue weighted by molar-refractivity contribution is 9.09. The first kappa shape index (κ1) is 12.4. The first-order chi connectivity index (χ1) is 5.52. The standard InChI is InChI=1S/C9H19BrO2/c1-5-11-6-8(2)12-9(3,4)7-10/h8H,5-7H2,1-4H3. The fourth-order valence-corrected chi connectivity index (χ4v) is 1.03. The zero-order valence-corrected chi connectivity index (χ0v) is 9.98. The van der Waals surface area contributed by atoms with E-state index in [1.807, 2.05) is 13.8 Å². The quantitative estimate of drug-likeness (QED) is 0.663. The lowest BCUT2D eigenvalue weighted by molar-refractivity contribution is -0.0796. The smallest absolute Gasteiger partial charge is 0.0788 e. The van der Waals surface area contributed by atoms with Gasteiger partial charge in [0.15, 0.2) is 0 Å². The van der Waals surface area contributed by atoms with Gasteiger partial charge in [-0.05, 0) is 27.7 Å². The molecule has 0 aliphatic carbocycles. The van der Waals surface area contributed by atoms with Gasteiger partial charge >= 0.3 is 0 Å². The van der Waals surface area contributed by atoms with Gasteiger partial charge in [0.05, 0.1) is 18.3 Å². The van der Waals surface area contributed by atoms with Crippen LogP contribution in [0.5, 0.6) is 0 Å². The molecule has 2 nitrogen and oxygen atoms in total. The summed E-state index contributed by atoms with van der Waals surface area (Å²) in [6, 6.07) is 0. The van der Waals surface area contributed by atoms with Crippen LogP contribution < -0.4 is 0 Å². The lowest BCUT2D eigenvalue weighted by Crippen LogP contribution is -2.33. The second kappa shape index (κ2) is 5.95. The third-order valence-corrected chi connectivity index (χ3v) is 2.75. The molecule has 0 aromatic rings. The van der Waals surface area contributed by atoms with Crippen molar-refractivity contribution in [1.29, 1.82) is 0 Å². The van der Waals surface area contributed by atoms with Crippen molar-refractivity contribution in [3.05, 3.63) is 0 Å². The van der Waals surface area contributed by atoms with Crippen LogP contribution >= 0.6 is 15.9 Å². The van der Waals surface area contributed by atoms with Crippen LogP contribution in [0.25, 0.3) is 0 Å². The SMILES string of the molecule is CCOCC(C)OC(C)(C)CBr. The van der Waals surface area contributed by atoms with Gasteiger partial charge in [0, 0.05) is 11.9 Å². The molecule has 0 aliphatic heterocycles. The summed E-state index contributed by atoms with van der Waals surface area (Å²) in [4.78, 5) is 0. The third-order valence-electron chi connectivity index (χ3n) is 1.40. The Morgan fingerprint density at radius 3 is 2.42 bits per heavy atom. The van der Waals surface area contributed by atoms with E-state index in [0.29, 0.717) is 6.61 Å². The highest BCUT2D eigenvalue weighted by Crippen LogP contribution is 2.14. The molecule has 0 fully saturated rings. The topological polar surface area (TPSA) is 18.5 Å². The van der Waals surface area contributed by atoms with Crippen molar-refractivity contribution in [1.82, 2.24) is 0 Å². The summed E-state index contributed by atoms with van der Waals surface area (Å²) >= 11 is 3.40. The molecule has 0 bridgehead atoms. The first-order valence-electron chi connectivity index (χ1n) is 4.33. The largest absolute Gasteiger partial charge is 0.379 e. The molecule has 0 aliphatic rings. The summed E-state index contributed by atoms with van der Waals surface area (Å²) in [6.07, 6.45) is 0.164. The molecule has 1 atom stereocenters. The van der Waals surface area contributed by atoms with E-state index < -0.39 is 0 Å². The summed E-state index contributed by atoms with van der Waals surface area (Å²) in [5, 5.41) is 0.844. The number of hydrogen-bond donors (Lipinski definition) is 0. The molecule has 12 heavy (non-hydrogen) atoms. The Bertz CT molecular complexity index is 115. The van der Waals surface area contributed by atoms with Crippen LogP contribution in [0, 0.1) is 0 Å². The number of alkyl halides is 1. The molecule has 0 radical (unpaired) electrons. The maximum absolute atomic E-state index is 5.72. The molecule has 0 amide bonds. The van der Waals surface area contributed by atoms with Crippen LogP contribution in [0.3, 0.4) is 0 Å². The fraction of sp³-hybridized carbons (Fsp3) is 1.00.